The Morgan fingerprint density at radius 2 is 2.27 bits per heavy atom. The number of nitrogen functional groups attached to an aromatic ring is 1. The monoisotopic (exact) mass is 206 g/mol. The van der Waals surface area contributed by atoms with E-state index in [1.807, 2.05) is 6.07 Å². The van der Waals surface area contributed by atoms with Gasteiger partial charge in [0, 0.05) is 11.8 Å². The van der Waals surface area contributed by atoms with Gasteiger partial charge in [0.1, 0.15) is 5.82 Å². The molecule has 1 fully saturated rings. The third-order valence-electron chi connectivity index (χ3n) is 3.35. The molecular weight excluding hydrogens is 188 g/mol. The maximum absolute atomic E-state index is 5.91. The fourth-order valence-electron chi connectivity index (χ4n) is 2.22. The second-order valence-corrected chi connectivity index (χ2v) is 4.26. The smallest absolute Gasteiger partial charge is 0.128 e. The minimum Gasteiger partial charge on any atom is -0.383 e. The first-order valence-electron chi connectivity index (χ1n) is 5.41. The molecule has 0 saturated heterocycles. The Kier molecular flexibility index (Phi) is 2.88. The summed E-state index contributed by atoms with van der Waals surface area (Å²) in [4.78, 5) is 4.13. The number of hydrazine groups is 1. The van der Waals surface area contributed by atoms with Crippen molar-refractivity contribution in [1.29, 1.82) is 0 Å². The second kappa shape index (κ2) is 4.16. The minimum atomic E-state index is 0.160. The number of hydrogen-bond acceptors (Lipinski definition) is 4. The Labute approximate surface area is 90.0 Å². The topological polar surface area (TPSA) is 77.0 Å². The van der Waals surface area contributed by atoms with Gasteiger partial charge in [-0.05, 0) is 37.3 Å². The van der Waals surface area contributed by atoms with Crippen LogP contribution >= 0.6 is 0 Å². The van der Waals surface area contributed by atoms with Crippen LogP contribution < -0.4 is 17.0 Å². The summed E-state index contributed by atoms with van der Waals surface area (Å²) in [6.45, 7) is 2.05. The molecule has 1 aromatic heterocycles. The molecule has 15 heavy (non-hydrogen) atoms. The van der Waals surface area contributed by atoms with Gasteiger partial charge in [0.15, 0.2) is 0 Å². The van der Waals surface area contributed by atoms with Crippen molar-refractivity contribution in [1.82, 2.24) is 10.4 Å². The van der Waals surface area contributed by atoms with Crippen molar-refractivity contribution < 1.29 is 0 Å². The molecule has 0 aliphatic heterocycles. The molecule has 0 bridgehead atoms. The molecule has 0 aromatic carbocycles. The van der Waals surface area contributed by atoms with Crippen molar-refractivity contribution in [2.45, 2.75) is 32.2 Å². The highest BCUT2D eigenvalue weighted by molar-refractivity contribution is 5.46. The fraction of sp³-hybridized carbons (Fsp3) is 0.545. The van der Waals surface area contributed by atoms with Gasteiger partial charge in [0.25, 0.3) is 0 Å². The molecule has 5 N–H and O–H groups in total. The van der Waals surface area contributed by atoms with Crippen LogP contribution in [-0.2, 0) is 0 Å². The Morgan fingerprint density at radius 1 is 1.53 bits per heavy atom. The van der Waals surface area contributed by atoms with E-state index in [2.05, 4.69) is 17.3 Å². The van der Waals surface area contributed by atoms with Crippen molar-refractivity contribution in [3.05, 3.63) is 23.4 Å². The van der Waals surface area contributed by atoms with Gasteiger partial charge >= 0.3 is 0 Å². The summed E-state index contributed by atoms with van der Waals surface area (Å²) >= 11 is 0. The predicted molar refractivity (Wildman–Crippen MR) is 60.8 cm³/mol. The number of rotatable bonds is 3. The average Bonchev–Trinajstić information content (AvgIpc) is 2.12. The summed E-state index contributed by atoms with van der Waals surface area (Å²) in [5.74, 6) is 6.83. The molecular formula is C11H18N4. The zero-order chi connectivity index (χ0) is 10.8. The van der Waals surface area contributed by atoms with Crippen LogP contribution in [0.15, 0.2) is 12.3 Å². The van der Waals surface area contributed by atoms with Crippen molar-refractivity contribution in [2.24, 2.45) is 11.8 Å². The van der Waals surface area contributed by atoms with E-state index >= 15 is 0 Å². The third-order valence-corrected chi connectivity index (χ3v) is 3.35. The predicted octanol–water partition coefficient (Wildman–Crippen LogP) is 1.28. The average molecular weight is 206 g/mol. The summed E-state index contributed by atoms with van der Waals surface area (Å²) < 4.78 is 0. The Bertz CT molecular complexity index is 326. The largest absolute Gasteiger partial charge is 0.383 e. The van der Waals surface area contributed by atoms with Gasteiger partial charge in [0.05, 0.1) is 6.04 Å². The molecule has 1 atom stereocenters. The number of anilines is 1. The Balaban J connectivity index is 2.32. The van der Waals surface area contributed by atoms with Crippen molar-refractivity contribution in [3.63, 3.8) is 0 Å². The van der Waals surface area contributed by atoms with Crippen LogP contribution in [0, 0.1) is 12.8 Å². The minimum absolute atomic E-state index is 0.160. The molecule has 4 nitrogen and oxygen atoms in total. The highest BCUT2D eigenvalue weighted by Gasteiger charge is 2.30. The van der Waals surface area contributed by atoms with E-state index in [1.54, 1.807) is 6.20 Å². The summed E-state index contributed by atoms with van der Waals surface area (Å²) in [5.41, 5.74) is 11.0. The van der Waals surface area contributed by atoms with Crippen LogP contribution in [0.2, 0.25) is 0 Å². The van der Waals surface area contributed by atoms with Crippen molar-refractivity contribution >= 4 is 5.82 Å². The van der Waals surface area contributed by atoms with Crippen LogP contribution in [0.4, 0.5) is 5.82 Å². The summed E-state index contributed by atoms with van der Waals surface area (Å²) in [6, 6.07) is 2.14. The summed E-state index contributed by atoms with van der Waals surface area (Å²) in [5, 5.41) is 0. The van der Waals surface area contributed by atoms with Gasteiger partial charge in [0.2, 0.25) is 0 Å². The van der Waals surface area contributed by atoms with E-state index in [-0.39, 0.29) is 6.04 Å². The van der Waals surface area contributed by atoms with E-state index < -0.39 is 0 Å². The first-order valence-corrected chi connectivity index (χ1v) is 5.41. The molecule has 1 aromatic rings. The van der Waals surface area contributed by atoms with Crippen LogP contribution in [-0.4, -0.2) is 4.98 Å². The summed E-state index contributed by atoms with van der Waals surface area (Å²) in [7, 11) is 0. The molecule has 2 rings (SSSR count). The maximum Gasteiger partial charge on any atom is 0.128 e. The molecule has 1 heterocycles. The lowest BCUT2D eigenvalue weighted by Gasteiger charge is -2.34. The van der Waals surface area contributed by atoms with Crippen LogP contribution in [0.3, 0.4) is 0 Å². The number of aryl methyl sites for hydroxylation is 1. The first kappa shape index (κ1) is 10.4. The lowest BCUT2D eigenvalue weighted by atomic mass is 9.76. The molecule has 1 saturated carbocycles. The molecule has 0 radical (unpaired) electrons. The number of nitrogens with two attached hydrogens (primary N) is 2. The van der Waals surface area contributed by atoms with Gasteiger partial charge in [-0.3, -0.25) is 11.3 Å². The first-order chi connectivity index (χ1) is 7.24. The SMILES string of the molecule is Cc1ccnc(N)c1C(NN)C1CCC1. The van der Waals surface area contributed by atoms with Crippen molar-refractivity contribution in [3.8, 4) is 0 Å². The lowest BCUT2D eigenvalue weighted by molar-refractivity contribution is 0.232. The third kappa shape index (κ3) is 1.82. The van der Waals surface area contributed by atoms with E-state index in [9.17, 15) is 0 Å². The van der Waals surface area contributed by atoms with Gasteiger partial charge in [-0.15, -0.1) is 0 Å². The number of nitrogens with zero attached hydrogens (tertiary/aromatic N) is 1. The Hall–Kier alpha value is -1.13. The van der Waals surface area contributed by atoms with E-state index in [0.29, 0.717) is 11.7 Å². The van der Waals surface area contributed by atoms with Crippen LogP contribution in [0.1, 0.15) is 36.4 Å². The molecule has 1 unspecified atom stereocenters. The molecule has 1 aliphatic rings. The van der Waals surface area contributed by atoms with Crippen molar-refractivity contribution in [2.75, 3.05) is 5.73 Å². The molecule has 82 valence electrons. The number of nitrogens with one attached hydrogen (secondary N) is 1. The van der Waals surface area contributed by atoms with E-state index in [1.165, 1.54) is 19.3 Å². The highest BCUT2D eigenvalue weighted by Crippen LogP contribution is 2.39. The van der Waals surface area contributed by atoms with Gasteiger partial charge in [-0.25, -0.2) is 4.98 Å². The van der Waals surface area contributed by atoms with Crippen LogP contribution in [0.5, 0.6) is 0 Å². The standard InChI is InChI=1S/C11H18N4/c1-7-5-6-14-11(12)9(7)10(15-13)8-3-2-4-8/h5-6,8,10,15H,2-4,13H2,1H3,(H2,12,14). The van der Waals surface area contributed by atoms with Gasteiger partial charge in [-0.2, -0.15) is 0 Å². The second-order valence-electron chi connectivity index (χ2n) is 4.26. The number of pyridine rings is 1. The Morgan fingerprint density at radius 3 is 2.73 bits per heavy atom. The van der Waals surface area contributed by atoms with E-state index in [4.69, 9.17) is 11.6 Å². The molecule has 4 heteroatoms. The highest BCUT2D eigenvalue weighted by atomic mass is 15.2. The maximum atomic E-state index is 5.91. The zero-order valence-corrected chi connectivity index (χ0v) is 9.03. The zero-order valence-electron chi connectivity index (χ0n) is 9.03. The van der Waals surface area contributed by atoms with Gasteiger partial charge in [-0.1, -0.05) is 6.42 Å². The quantitative estimate of drug-likeness (QED) is 0.514. The fourth-order valence-corrected chi connectivity index (χ4v) is 2.22. The van der Waals surface area contributed by atoms with E-state index in [0.717, 1.165) is 11.1 Å². The molecule has 1 aliphatic carbocycles. The summed E-state index contributed by atoms with van der Waals surface area (Å²) in [6.07, 6.45) is 5.48. The molecule has 0 spiro atoms. The lowest BCUT2D eigenvalue weighted by Crippen LogP contribution is -2.37. The molecule has 0 amide bonds. The van der Waals surface area contributed by atoms with Gasteiger partial charge < -0.3 is 5.73 Å². The normalized spacial score (nSPS) is 18.5. The number of hydrogen-bond donors (Lipinski definition) is 3. The number of aromatic nitrogens is 1. The van der Waals surface area contributed by atoms with Crippen LogP contribution in [0.25, 0.3) is 0 Å².